The van der Waals surface area contributed by atoms with Crippen molar-refractivity contribution >= 4 is 32.9 Å². The normalized spacial score (nSPS) is 11.2. The molecule has 0 atom stereocenters. The molecular formula is C23H25BrN6O2. The van der Waals surface area contributed by atoms with Gasteiger partial charge in [0.05, 0.1) is 29.5 Å². The molecule has 3 heterocycles. The number of rotatable bonds is 7. The zero-order valence-electron chi connectivity index (χ0n) is 18.5. The number of hydrogen-bond donors (Lipinski definition) is 0. The van der Waals surface area contributed by atoms with Crippen LogP contribution in [-0.2, 0) is 24.4 Å². The second-order valence-electron chi connectivity index (χ2n) is 7.56. The number of ether oxygens (including phenoxy) is 1. The molecule has 0 spiro atoms. The van der Waals surface area contributed by atoms with E-state index in [4.69, 9.17) is 4.74 Å². The van der Waals surface area contributed by atoms with E-state index in [9.17, 15) is 4.79 Å². The van der Waals surface area contributed by atoms with E-state index in [0.717, 1.165) is 44.7 Å². The van der Waals surface area contributed by atoms with Crippen molar-refractivity contribution in [3.63, 3.8) is 0 Å². The monoisotopic (exact) mass is 496 g/mol. The largest absolute Gasteiger partial charge is 0.497 e. The highest BCUT2D eigenvalue weighted by Gasteiger charge is 2.19. The first-order valence-corrected chi connectivity index (χ1v) is 11.1. The Kier molecular flexibility index (Phi) is 6.27. The van der Waals surface area contributed by atoms with Crippen molar-refractivity contribution in [3.8, 4) is 16.9 Å². The second-order valence-corrected chi connectivity index (χ2v) is 8.41. The first-order chi connectivity index (χ1) is 15.4. The van der Waals surface area contributed by atoms with Gasteiger partial charge in [0.2, 0.25) is 5.91 Å². The number of amides is 1. The van der Waals surface area contributed by atoms with E-state index in [1.54, 1.807) is 29.9 Å². The fourth-order valence-corrected chi connectivity index (χ4v) is 4.11. The number of carbonyl (C=O) groups is 1. The average Bonchev–Trinajstić information content (AvgIpc) is 3.32. The number of methoxy groups -OCH3 is 1. The van der Waals surface area contributed by atoms with Gasteiger partial charge in [0, 0.05) is 31.4 Å². The maximum Gasteiger partial charge on any atom is 0.244 e. The van der Waals surface area contributed by atoms with Crippen molar-refractivity contribution in [2.24, 2.45) is 0 Å². The fourth-order valence-electron chi connectivity index (χ4n) is 3.67. The van der Waals surface area contributed by atoms with Crippen molar-refractivity contribution in [1.29, 1.82) is 0 Å². The number of aryl methyl sites for hydroxylation is 2. The average molecular weight is 497 g/mol. The van der Waals surface area contributed by atoms with Crippen LogP contribution >= 0.6 is 15.9 Å². The number of fused-ring (bicyclic) bond motifs is 1. The van der Waals surface area contributed by atoms with Gasteiger partial charge < -0.3 is 9.64 Å². The smallest absolute Gasteiger partial charge is 0.244 e. The Balaban J connectivity index is 1.59. The van der Waals surface area contributed by atoms with Crippen LogP contribution in [0.5, 0.6) is 5.75 Å². The van der Waals surface area contributed by atoms with Crippen LogP contribution in [0, 0.1) is 6.92 Å². The standard InChI is InChI=1S/C23H25BrN6O2/c1-5-29-12-19(24)20(27-29)13-28(3)21(31)14-30-23-22(15(2)26-30)18(10-11-25-23)16-6-8-17(32-4)9-7-16/h6-12H,5,13-14H2,1-4H3. The Morgan fingerprint density at radius 3 is 2.59 bits per heavy atom. The number of aromatic nitrogens is 5. The molecule has 0 unspecified atom stereocenters. The molecule has 0 saturated heterocycles. The second kappa shape index (κ2) is 9.12. The molecule has 8 nitrogen and oxygen atoms in total. The predicted molar refractivity (Wildman–Crippen MR) is 126 cm³/mol. The third kappa shape index (κ3) is 4.25. The van der Waals surface area contributed by atoms with Gasteiger partial charge >= 0.3 is 0 Å². The minimum absolute atomic E-state index is 0.0657. The number of benzene rings is 1. The minimum atomic E-state index is -0.0657. The Morgan fingerprint density at radius 1 is 1.19 bits per heavy atom. The maximum atomic E-state index is 13.0. The van der Waals surface area contributed by atoms with Crippen molar-refractivity contribution in [1.82, 2.24) is 29.4 Å². The molecule has 166 valence electrons. The Morgan fingerprint density at radius 2 is 1.94 bits per heavy atom. The summed E-state index contributed by atoms with van der Waals surface area (Å²) in [5.41, 5.74) is 4.41. The van der Waals surface area contributed by atoms with Crippen molar-refractivity contribution in [2.75, 3.05) is 14.2 Å². The van der Waals surface area contributed by atoms with E-state index < -0.39 is 0 Å². The molecule has 1 amide bonds. The number of hydrogen-bond acceptors (Lipinski definition) is 5. The van der Waals surface area contributed by atoms with Gasteiger partial charge in [-0.1, -0.05) is 12.1 Å². The molecular weight excluding hydrogens is 472 g/mol. The van der Waals surface area contributed by atoms with Crippen LogP contribution in [0.2, 0.25) is 0 Å². The molecule has 0 fully saturated rings. The lowest BCUT2D eigenvalue weighted by Crippen LogP contribution is -2.30. The highest BCUT2D eigenvalue weighted by molar-refractivity contribution is 9.10. The molecule has 0 N–H and O–H groups in total. The van der Waals surface area contributed by atoms with E-state index in [2.05, 4.69) is 31.1 Å². The van der Waals surface area contributed by atoms with E-state index in [0.29, 0.717) is 12.2 Å². The van der Waals surface area contributed by atoms with Gasteiger partial charge in [0.25, 0.3) is 0 Å². The summed E-state index contributed by atoms with van der Waals surface area (Å²) < 4.78 is 9.67. The van der Waals surface area contributed by atoms with Crippen LogP contribution in [-0.4, -0.2) is 49.5 Å². The molecule has 0 saturated carbocycles. The molecule has 3 aromatic heterocycles. The fraction of sp³-hybridized carbons (Fsp3) is 0.304. The van der Waals surface area contributed by atoms with Gasteiger partial charge in [0.1, 0.15) is 12.3 Å². The SMILES string of the molecule is CCn1cc(Br)c(CN(C)C(=O)Cn2nc(C)c3c(-c4ccc(OC)cc4)ccnc32)n1. The molecule has 0 aliphatic carbocycles. The molecule has 9 heteroatoms. The topological polar surface area (TPSA) is 78.1 Å². The highest BCUT2D eigenvalue weighted by Crippen LogP contribution is 2.31. The summed E-state index contributed by atoms with van der Waals surface area (Å²) >= 11 is 3.52. The van der Waals surface area contributed by atoms with Crippen molar-refractivity contribution in [3.05, 3.63) is 58.6 Å². The summed E-state index contributed by atoms with van der Waals surface area (Å²) in [6.07, 6.45) is 3.67. The van der Waals surface area contributed by atoms with Gasteiger partial charge in [-0.3, -0.25) is 9.48 Å². The zero-order valence-corrected chi connectivity index (χ0v) is 20.1. The third-order valence-electron chi connectivity index (χ3n) is 5.42. The van der Waals surface area contributed by atoms with Crippen LogP contribution in [0.4, 0.5) is 0 Å². The molecule has 0 bridgehead atoms. The Hall–Kier alpha value is -3.20. The molecule has 0 radical (unpaired) electrons. The van der Waals surface area contributed by atoms with Gasteiger partial charge in [-0.05, 0) is 59.1 Å². The van der Waals surface area contributed by atoms with Crippen LogP contribution < -0.4 is 4.74 Å². The van der Waals surface area contributed by atoms with Crippen LogP contribution in [0.3, 0.4) is 0 Å². The number of halogens is 1. The summed E-state index contributed by atoms with van der Waals surface area (Å²) in [5, 5.41) is 10.1. The lowest BCUT2D eigenvalue weighted by Gasteiger charge is -2.16. The summed E-state index contributed by atoms with van der Waals surface area (Å²) in [4.78, 5) is 19.1. The van der Waals surface area contributed by atoms with Gasteiger partial charge in [-0.2, -0.15) is 10.2 Å². The van der Waals surface area contributed by atoms with E-state index in [1.165, 1.54) is 0 Å². The lowest BCUT2D eigenvalue weighted by molar-refractivity contribution is -0.131. The van der Waals surface area contributed by atoms with E-state index in [1.807, 2.05) is 55.1 Å². The lowest BCUT2D eigenvalue weighted by atomic mass is 10.0. The zero-order chi connectivity index (χ0) is 22.8. The first-order valence-electron chi connectivity index (χ1n) is 10.3. The molecule has 4 rings (SSSR count). The number of nitrogens with zero attached hydrogens (tertiary/aromatic N) is 6. The predicted octanol–water partition coefficient (Wildman–Crippen LogP) is 4.05. The third-order valence-corrected chi connectivity index (χ3v) is 6.08. The van der Waals surface area contributed by atoms with Gasteiger partial charge in [-0.25, -0.2) is 9.67 Å². The summed E-state index contributed by atoms with van der Waals surface area (Å²) in [6, 6.07) is 9.85. The summed E-state index contributed by atoms with van der Waals surface area (Å²) in [6.45, 7) is 5.25. The molecule has 0 aliphatic heterocycles. The molecule has 0 aliphatic rings. The minimum Gasteiger partial charge on any atom is -0.497 e. The molecule has 4 aromatic rings. The van der Waals surface area contributed by atoms with Crippen LogP contribution in [0.15, 0.2) is 47.2 Å². The van der Waals surface area contributed by atoms with Crippen molar-refractivity contribution < 1.29 is 9.53 Å². The quantitative estimate of drug-likeness (QED) is 0.385. The number of likely N-dealkylation sites (N-methyl/N-ethyl adjacent to an activating group) is 1. The van der Waals surface area contributed by atoms with Gasteiger partial charge in [0.15, 0.2) is 5.65 Å². The summed E-state index contributed by atoms with van der Waals surface area (Å²) in [7, 11) is 3.42. The Bertz CT molecular complexity index is 1260. The van der Waals surface area contributed by atoms with Crippen LogP contribution in [0.1, 0.15) is 18.3 Å². The summed E-state index contributed by atoms with van der Waals surface area (Å²) in [5.74, 6) is 0.736. The first kappa shape index (κ1) is 22.0. The van der Waals surface area contributed by atoms with E-state index in [-0.39, 0.29) is 12.5 Å². The van der Waals surface area contributed by atoms with Crippen LogP contribution in [0.25, 0.3) is 22.2 Å². The molecule has 32 heavy (non-hydrogen) atoms. The van der Waals surface area contributed by atoms with Gasteiger partial charge in [-0.15, -0.1) is 0 Å². The maximum absolute atomic E-state index is 13.0. The highest BCUT2D eigenvalue weighted by atomic mass is 79.9. The number of pyridine rings is 1. The number of carbonyl (C=O) groups excluding carboxylic acids is 1. The van der Waals surface area contributed by atoms with E-state index >= 15 is 0 Å². The van der Waals surface area contributed by atoms with Crippen molar-refractivity contribution in [2.45, 2.75) is 33.5 Å². The molecule has 1 aromatic carbocycles. The Labute approximate surface area is 194 Å².